The third-order valence-electron chi connectivity index (χ3n) is 7.24. The van der Waals surface area contributed by atoms with E-state index in [1.165, 1.54) is 49.5 Å². The predicted octanol–water partition coefficient (Wildman–Crippen LogP) is 8.62. The predicted molar refractivity (Wildman–Crippen MR) is 154 cm³/mol. The summed E-state index contributed by atoms with van der Waals surface area (Å²) in [5, 5.41) is 4.93. The van der Waals surface area contributed by atoms with Gasteiger partial charge in [0, 0.05) is 29.6 Å². The summed E-state index contributed by atoms with van der Waals surface area (Å²) in [5.41, 5.74) is 8.19. The van der Waals surface area contributed by atoms with Crippen LogP contribution in [0.4, 0.5) is 0 Å². The molecule has 0 saturated carbocycles. The van der Waals surface area contributed by atoms with Crippen molar-refractivity contribution in [3.8, 4) is 27.9 Å². The Labute approximate surface area is 215 Å². The molecule has 0 radical (unpaired) electrons. The first kappa shape index (κ1) is 21.5. The number of rotatable bonds is 4. The Morgan fingerprint density at radius 1 is 0.595 bits per heavy atom. The number of para-hydroxylation sites is 2. The van der Waals surface area contributed by atoms with Crippen molar-refractivity contribution in [2.45, 2.75) is 13.3 Å². The molecule has 176 valence electrons. The molecular formula is C34H25N3. The van der Waals surface area contributed by atoms with Crippen molar-refractivity contribution in [1.29, 1.82) is 0 Å². The van der Waals surface area contributed by atoms with Gasteiger partial charge >= 0.3 is 0 Å². The Morgan fingerprint density at radius 2 is 1.22 bits per heavy atom. The molecule has 0 unspecified atom stereocenters. The van der Waals surface area contributed by atoms with E-state index in [9.17, 15) is 0 Å². The monoisotopic (exact) mass is 475 g/mol. The summed E-state index contributed by atoms with van der Waals surface area (Å²) in [6.45, 7) is 2.18. The Bertz CT molecular complexity index is 1860. The molecular weight excluding hydrogens is 450 g/mol. The summed E-state index contributed by atoms with van der Waals surface area (Å²) < 4.78 is 2.37. The van der Waals surface area contributed by atoms with Gasteiger partial charge in [0.2, 0.25) is 0 Å². The topological polar surface area (TPSA) is 30.7 Å². The number of pyridine rings is 1. The lowest BCUT2D eigenvalue weighted by Gasteiger charge is -2.20. The molecule has 0 N–H and O–H groups in total. The SMILES string of the molecule is CCc1nc2ccccc2n1-c1c2ccccc2c(-c2cccc(-c3ccncc3)c2)c2ccccc12. The molecule has 0 amide bonds. The second-order valence-corrected chi connectivity index (χ2v) is 9.34. The first-order valence-electron chi connectivity index (χ1n) is 12.7. The third-order valence-corrected chi connectivity index (χ3v) is 7.24. The molecule has 37 heavy (non-hydrogen) atoms. The molecule has 0 aliphatic heterocycles. The molecule has 0 spiro atoms. The molecule has 7 aromatic rings. The summed E-state index contributed by atoms with van der Waals surface area (Å²) in [4.78, 5) is 9.20. The molecule has 0 bridgehead atoms. The second-order valence-electron chi connectivity index (χ2n) is 9.34. The van der Waals surface area contributed by atoms with Crippen LogP contribution in [0.5, 0.6) is 0 Å². The van der Waals surface area contributed by atoms with E-state index in [0.717, 1.165) is 23.3 Å². The lowest BCUT2D eigenvalue weighted by atomic mass is 9.89. The standard InChI is InChI=1S/C34H25N3/c1-2-32-36-30-16-7-8-17-31(30)37(32)34-28-14-5-3-12-26(28)33(27-13-4-6-15-29(27)34)25-11-9-10-24(22-25)23-18-20-35-21-19-23/h3-22H,2H2,1H3. The summed E-state index contributed by atoms with van der Waals surface area (Å²) in [7, 11) is 0. The van der Waals surface area contributed by atoms with Crippen molar-refractivity contribution in [2.75, 3.05) is 0 Å². The Morgan fingerprint density at radius 3 is 1.92 bits per heavy atom. The highest BCUT2D eigenvalue weighted by Crippen LogP contribution is 2.42. The number of fused-ring (bicyclic) bond motifs is 3. The van der Waals surface area contributed by atoms with Gasteiger partial charge in [0.05, 0.1) is 16.7 Å². The van der Waals surface area contributed by atoms with E-state index in [1.54, 1.807) is 0 Å². The highest BCUT2D eigenvalue weighted by molar-refractivity contribution is 6.18. The lowest BCUT2D eigenvalue weighted by Crippen LogP contribution is -2.03. The van der Waals surface area contributed by atoms with E-state index in [1.807, 2.05) is 12.4 Å². The van der Waals surface area contributed by atoms with Gasteiger partial charge in [-0.2, -0.15) is 0 Å². The van der Waals surface area contributed by atoms with Crippen molar-refractivity contribution in [1.82, 2.24) is 14.5 Å². The molecule has 0 aliphatic rings. The first-order valence-corrected chi connectivity index (χ1v) is 12.7. The van der Waals surface area contributed by atoms with Gasteiger partial charge < -0.3 is 0 Å². The van der Waals surface area contributed by atoms with Crippen LogP contribution in [0, 0.1) is 0 Å². The minimum absolute atomic E-state index is 0.854. The number of hydrogen-bond donors (Lipinski definition) is 0. The van der Waals surface area contributed by atoms with Crippen LogP contribution in [0.3, 0.4) is 0 Å². The number of imidazole rings is 1. The van der Waals surface area contributed by atoms with Gasteiger partial charge in [-0.05, 0) is 63.4 Å². The van der Waals surface area contributed by atoms with Crippen LogP contribution in [-0.4, -0.2) is 14.5 Å². The lowest BCUT2D eigenvalue weighted by molar-refractivity contribution is 0.917. The average molecular weight is 476 g/mol. The molecule has 0 aliphatic carbocycles. The second kappa shape index (κ2) is 8.72. The van der Waals surface area contributed by atoms with Gasteiger partial charge in [-0.3, -0.25) is 9.55 Å². The van der Waals surface area contributed by atoms with Crippen LogP contribution in [0.15, 0.2) is 122 Å². The van der Waals surface area contributed by atoms with Gasteiger partial charge in [-0.25, -0.2) is 4.98 Å². The van der Waals surface area contributed by atoms with Crippen molar-refractivity contribution >= 4 is 32.6 Å². The number of benzene rings is 5. The van der Waals surface area contributed by atoms with Crippen LogP contribution in [0.25, 0.3) is 60.5 Å². The summed E-state index contributed by atoms with van der Waals surface area (Å²) in [6, 6.07) is 39.0. The minimum atomic E-state index is 0.854. The zero-order valence-electron chi connectivity index (χ0n) is 20.6. The fourth-order valence-corrected chi connectivity index (χ4v) is 5.62. The molecule has 5 aromatic carbocycles. The fourth-order valence-electron chi connectivity index (χ4n) is 5.62. The number of hydrogen-bond acceptors (Lipinski definition) is 2. The maximum Gasteiger partial charge on any atom is 0.114 e. The first-order chi connectivity index (χ1) is 18.3. The largest absolute Gasteiger partial charge is 0.295 e. The third kappa shape index (κ3) is 3.43. The smallest absolute Gasteiger partial charge is 0.114 e. The minimum Gasteiger partial charge on any atom is -0.295 e. The van der Waals surface area contributed by atoms with E-state index in [-0.39, 0.29) is 0 Å². The maximum absolute atomic E-state index is 5.00. The highest BCUT2D eigenvalue weighted by Gasteiger charge is 2.20. The molecule has 0 fully saturated rings. The van der Waals surface area contributed by atoms with Crippen LogP contribution in [0.2, 0.25) is 0 Å². The molecule has 0 atom stereocenters. The van der Waals surface area contributed by atoms with Gasteiger partial charge in [-0.1, -0.05) is 85.8 Å². The molecule has 3 heteroatoms. The van der Waals surface area contributed by atoms with Crippen LogP contribution in [0.1, 0.15) is 12.7 Å². The number of aryl methyl sites for hydroxylation is 1. The van der Waals surface area contributed by atoms with Crippen molar-refractivity contribution in [3.05, 3.63) is 127 Å². The van der Waals surface area contributed by atoms with E-state index >= 15 is 0 Å². The maximum atomic E-state index is 5.00. The van der Waals surface area contributed by atoms with E-state index in [4.69, 9.17) is 4.98 Å². The Hall–Kier alpha value is -4.76. The summed E-state index contributed by atoms with van der Waals surface area (Å²) >= 11 is 0. The van der Waals surface area contributed by atoms with Crippen LogP contribution < -0.4 is 0 Å². The average Bonchev–Trinajstić information content (AvgIpc) is 3.34. The van der Waals surface area contributed by atoms with Gasteiger partial charge in [-0.15, -0.1) is 0 Å². The van der Waals surface area contributed by atoms with E-state index in [0.29, 0.717) is 0 Å². The summed E-state index contributed by atoms with van der Waals surface area (Å²) in [5.74, 6) is 1.07. The van der Waals surface area contributed by atoms with Crippen molar-refractivity contribution in [2.24, 2.45) is 0 Å². The Balaban J connectivity index is 1.60. The van der Waals surface area contributed by atoms with Crippen molar-refractivity contribution in [3.63, 3.8) is 0 Å². The molecule has 3 nitrogen and oxygen atoms in total. The Kier molecular flexibility index (Phi) is 5.07. The van der Waals surface area contributed by atoms with E-state index in [2.05, 4.69) is 126 Å². The summed E-state index contributed by atoms with van der Waals surface area (Å²) in [6.07, 6.45) is 4.55. The number of aromatic nitrogens is 3. The zero-order chi connectivity index (χ0) is 24.8. The van der Waals surface area contributed by atoms with Gasteiger partial charge in [0.25, 0.3) is 0 Å². The molecule has 2 aromatic heterocycles. The highest BCUT2D eigenvalue weighted by atomic mass is 15.1. The quantitative estimate of drug-likeness (QED) is 0.239. The fraction of sp³-hybridized carbons (Fsp3) is 0.0588. The molecule has 2 heterocycles. The van der Waals surface area contributed by atoms with Crippen LogP contribution in [-0.2, 0) is 6.42 Å². The van der Waals surface area contributed by atoms with Gasteiger partial charge in [0.1, 0.15) is 5.82 Å². The van der Waals surface area contributed by atoms with Gasteiger partial charge in [0.15, 0.2) is 0 Å². The number of nitrogens with zero attached hydrogens (tertiary/aromatic N) is 3. The normalized spacial score (nSPS) is 11.5. The zero-order valence-corrected chi connectivity index (χ0v) is 20.6. The van der Waals surface area contributed by atoms with Crippen molar-refractivity contribution < 1.29 is 0 Å². The van der Waals surface area contributed by atoms with Crippen LogP contribution >= 0.6 is 0 Å². The molecule has 0 saturated heterocycles. The molecule has 7 rings (SSSR count). The van der Waals surface area contributed by atoms with E-state index < -0.39 is 0 Å².